The van der Waals surface area contributed by atoms with E-state index in [1.807, 2.05) is 11.8 Å². The van der Waals surface area contributed by atoms with E-state index in [2.05, 4.69) is 5.32 Å². The number of carbonyl (C=O) groups excluding carboxylic acids is 1. The van der Waals surface area contributed by atoms with Gasteiger partial charge in [0, 0.05) is 31.2 Å². The number of fused-ring (bicyclic) bond motifs is 1. The molecule has 0 bridgehead atoms. The maximum atomic E-state index is 12.4. The number of aryl methyl sites for hydroxylation is 1. The first-order chi connectivity index (χ1) is 8.66. The summed E-state index contributed by atoms with van der Waals surface area (Å²) in [7, 11) is 0. The molecule has 96 valence electrons. The normalized spacial score (nSPS) is 26.4. The van der Waals surface area contributed by atoms with Crippen molar-refractivity contribution in [2.75, 3.05) is 19.6 Å². The van der Waals surface area contributed by atoms with E-state index < -0.39 is 0 Å². The Morgan fingerprint density at radius 1 is 1.44 bits per heavy atom. The standard InChI is InChI=1S/C14H18N2O2/c1-9-2-3-10(6-13(9)17)14(18)16-5-4-11-7-15-8-12(11)16/h2-3,6,11-12,15,17H,4-5,7-8H2,1H3/t11-,12+/m0/s1. The quantitative estimate of drug-likeness (QED) is 0.781. The Kier molecular flexibility index (Phi) is 2.74. The van der Waals surface area contributed by atoms with Gasteiger partial charge >= 0.3 is 0 Å². The van der Waals surface area contributed by atoms with Gasteiger partial charge in [-0.25, -0.2) is 0 Å². The van der Waals surface area contributed by atoms with Crippen LogP contribution in [-0.4, -0.2) is 41.6 Å². The van der Waals surface area contributed by atoms with Gasteiger partial charge in [0.05, 0.1) is 0 Å². The second-order valence-corrected chi connectivity index (χ2v) is 5.27. The van der Waals surface area contributed by atoms with E-state index in [0.29, 0.717) is 17.5 Å². The lowest BCUT2D eigenvalue weighted by atomic mass is 10.0. The zero-order valence-corrected chi connectivity index (χ0v) is 10.5. The fourth-order valence-electron chi connectivity index (χ4n) is 3.01. The number of phenols is 1. The van der Waals surface area contributed by atoms with E-state index in [1.165, 1.54) is 0 Å². The summed E-state index contributed by atoms with van der Waals surface area (Å²) in [5.41, 5.74) is 1.39. The van der Waals surface area contributed by atoms with E-state index >= 15 is 0 Å². The van der Waals surface area contributed by atoms with Crippen LogP contribution in [0.2, 0.25) is 0 Å². The fraction of sp³-hybridized carbons (Fsp3) is 0.500. The number of aromatic hydroxyl groups is 1. The van der Waals surface area contributed by atoms with E-state index in [0.717, 1.165) is 31.6 Å². The zero-order valence-electron chi connectivity index (χ0n) is 10.5. The first-order valence-corrected chi connectivity index (χ1v) is 6.48. The molecule has 1 amide bonds. The SMILES string of the molecule is Cc1ccc(C(=O)N2CC[C@H]3CNC[C@H]32)cc1O. The van der Waals surface area contributed by atoms with Crippen molar-refractivity contribution in [3.05, 3.63) is 29.3 Å². The third kappa shape index (κ3) is 1.77. The van der Waals surface area contributed by atoms with Crippen LogP contribution < -0.4 is 5.32 Å². The third-order valence-electron chi connectivity index (χ3n) is 4.16. The summed E-state index contributed by atoms with van der Waals surface area (Å²) in [6.45, 7) is 4.59. The lowest BCUT2D eigenvalue weighted by molar-refractivity contribution is 0.0736. The summed E-state index contributed by atoms with van der Waals surface area (Å²) < 4.78 is 0. The monoisotopic (exact) mass is 246 g/mol. The number of likely N-dealkylation sites (tertiary alicyclic amines) is 1. The molecular formula is C14H18N2O2. The Labute approximate surface area is 107 Å². The smallest absolute Gasteiger partial charge is 0.254 e. The molecule has 4 nitrogen and oxygen atoms in total. The number of nitrogens with one attached hydrogen (secondary N) is 1. The second kappa shape index (κ2) is 4.28. The first kappa shape index (κ1) is 11.5. The average molecular weight is 246 g/mol. The molecule has 2 atom stereocenters. The zero-order chi connectivity index (χ0) is 12.7. The van der Waals surface area contributed by atoms with Crippen molar-refractivity contribution in [2.24, 2.45) is 5.92 Å². The summed E-state index contributed by atoms with van der Waals surface area (Å²) in [5, 5.41) is 13.0. The van der Waals surface area contributed by atoms with Crippen LogP contribution in [0, 0.1) is 12.8 Å². The molecule has 0 spiro atoms. The predicted octanol–water partition coefficient (Wildman–Crippen LogP) is 1.13. The molecule has 0 aliphatic carbocycles. The Morgan fingerprint density at radius 2 is 2.28 bits per heavy atom. The molecule has 0 saturated carbocycles. The molecule has 2 saturated heterocycles. The van der Waals surface area contributed by atoms with Crippen LogP contribution in [0.3, 0.4) is 0 Å². The maximum Gasteiger partial charge on any atom is 0.254 e. The Balaban J connectivity index is 1.84. The minimum Gasteiger partial charge on any atom is -0.508 e. The van der Waals surface area contributed by atoms with Gasteiger partial charge in [-0.3, -0.25) is 4.79 Å². The lowest BCUT2D eigenvalue weighted by Crippen LogP contribution is -2.39. The lowest BCUT2D eigenvalue weighted by Gasteiger charge is -2.23. The van der Waals surface area contributed by atoms with Gasteiger partial charge in [-0.2, -0.15) is 0 Å². The van der Waals surface area contributed by atoms with E-state index in [-0.39, 0.29) is 11.7 Å². The summed E-state index contributed by atoms with van der Waals surface area (Å²) in [6, 6.07) is 5.50. The van der Waals surface area contributed by atoms with Gasteiger partial charge in [0.15, 0.2) is 0 Å². The van der Waals surface area contributed by atoms with Gasteiger partial charge in [-0.1, -0.05) is 6.07 Å². The molecule has 2 fully saturated rings. The second-order valence-electron chi connectivity index (χ2n) is 5.27. The van der Waals surface area contributed by atoms with Crippen LogP contribution in [0.1, 0.15) is 22.3 Å². The van der Waals surface area contributed by atoms with Gasteiger partial charge in [0.2, 0.25) is 0 Å². The highest BCUT2D eigenvalue weighted by Crippen LogP contribution is 2.29. The van der Waals surface area contributed by atoms with Gasteiger partial charge in [-0.05, 0) is 37.0 Å². The van der Waals surface area contributed by atoms with Crippen molar-refractivity contribution in [1.82, 2.24) is 10.2 Å². The van der Waals surface area contributed by atoms with Crippen LogP contribution in [0.25, 0.3) is 0 Å². The van der Waals surface area contributed by atoms with Crippen LogP contribution in [0.4, 0.5) is 0 Å². The van der Waals surface area contributed by atoms with Crippen LogP contribution >= 0.6 is 0 Å². The number of amides is 1. The predicted molar refractivity (Wildman–Crippen MR) is 68.6 cm³/mol. The number of carbonyl (C=O) groups is 1. The maximum absolute atomic E-state index is 12.4. The molecule has 0 aromatic heterocycles. The molecule has 1 aromatic carbocycles. The molecule has 3 rings (SSSR count). The van der Waals surface area contributed by atoms with Crippen molar-refractivity contribution in [2.45, 2.75) is 19.4 Å². The average Bonchev–Trinajstić information content (AvgIpc) is 2.93. The third-order valence-corrected chi connectivity index (χ3v) is 4.16. The van der Waals surface area contributed by atoms with Gasteiger partial charge < -0.3 is 15.3 Å². The molecule has 1 aromatic rings. The molecular weight excluding hydrogens is 228 g/mol. The van der Waals surface area contributed by atoms with Crippen molar-refractivity contribution < 1.29 is 9.90 Å². The van der Waals surface area contributed by atoms with Crippen molar-refractivity contribution >= 4 is 5.91 Å². The van der Waals surface area contributed by atoms with Crippen molar-refractivity contribution in [1.29, 1.82) is 0 Å². The molecule has 4 heteroatoms. The van der Waals surface area contributed by atoms with Crippen molar-refractivity contribution in [3.8, 4) is 5.75 Å². The highest BCUT2D eigenvalue weighted by atomic mass is 16.3. The molecule has 2 aliphatic rings. The largest absolute Gasteiger partial charge is 0.508 e. The minimum atomic E-state index is 0.0431. The Bertz CT molecular complexity index is 487. The molecule has 0 radical (unpaired) electrons. The fourth-order valence-corrected chi connectivity index (χ4v) is 3.01. The Hall–Kier alpha value is -1.55. The minimum absolute atomic E-state index is 0.0431. The summed E-state index contributed by atoms with van der Waals surface area (Å²) in [4.78, 5) is 14.4. The number of hydrogen-bond donors (Lipinski definition) is 2. The summed E-state index contributed by atoms with van der Waals surface area (Å²) >= 11 is 0. The number of benzene rings is 1. The van der Waals surface area contributed by atoms with E-state index in [1.54, 1.807) is 18.2 Å². The van der Waals surface area contributed by atoms with Crippen LogP contribution in [-0.2, 0) is 0 Å². The summed E-state index contributed by atoms with van der Waals surface area (Å²) in [5.74, 6) is 0.843. The van der Waals surface area contributed by atoms with Gasteiger partial charge in [0.25, 0.3) is 5.91 Å². The topological polar surface area (TPSA) is 52.6 Å². The molecule has 2 N–H and O–H groups in total. The molecule has 18 heavy (non-hydrogen) atoms. The number of phenolic OH excluding ortho intramolecular Hbond substituents is 1. The Morgan fingerprint density at radius 3 is 3.06 bits per heavy atom. The number of nitrogens with zero attached hydrogens (tertiary/aromatic N) is 1. The van der Waals surface area contributed by atoms with Crippen LogP contribution in [0.15, 0.2) is 18.2 Å². The highest BCUT2D eigenvalue weighted by Gasteiger charge is 2.40. The van der Waals surface area contributed by atoms with Gasteiger partial charge in [-0.15, -0.1) is 0 Å². The van der Waals surface area contributed by atoms with E-state index in [9.17, 15) is 9.90 Å². The van der Waals surface area contributed by atoms with Crippen molar-refractivity contribution in [3.63, 3.8) is 0 Å². The molecule has 2 heterocycles. The van der Waals surface area contributed by atoms with Gasteiger partial charge in [0.1, 0.15) is 5.75 Å². The van der Waals surface area contributed by atoms with E-state index in [4.69, 9.17) is 0 Å². The number of hydrogen-bond acceptors (Lipinski definition) is 3. The number of rotatable bonds is 1. The molecule has 0 unspecified atom stereocenters. The van der Waals surface area contributed by atoms with Crippen LogP contribution in [0.5, 0.6) is 5.75 Å². The summed E-state index contributed by atoms with van der Waals surface area (Å²) in [6.07, 6.45) is 1.08. The molecule has 2 aliphatic heterocycles. The highest BCUT2D eigenvalue weighted by molar-refractivity contribution is 5.95. The first-order valence-electron chi connectivity index (χ1n) is 6.48.